The number of fused-ring (bicyclic) bond motifs is 15. The highest BCUT2D eigenvalue weighted by molar-refractivity contribution is 6.23. The number of carboxylic acids is 1. The number of carbonyl (C=O) groups excluding carboxylic acids is 3. The Bertz CT molecular complexity index is 3600. The molecule has 5 heterocycles. The number of phenolic OH excluding ortho intramolecular Hbond substituents is 3. The number of aliphatic hydroxyl groups is 2. The van der Waals surface area contributed by atoms with Crippen molar-refractivity contribution in [3.8, 4) is 23.0 Å². The van der Waals surface area contributed by atoms with Gasteiger partial charge in [-0.25, -0.2) is 9.18 Å². The largest absolute Gasteiger partial charge is 0.507 e. The van der Waals surface area contributed by atoms with Crippen LogP contribution in [0, 0.1) is 42.3 Å². The number of pyridine rings is 1. The van der Waals surface area contributed by atoms with Crippen LogP contribution in [0.15, 0.2) is 58.3 Å². The molecule has 86 heavy (non-hydrogen) atoms. The van der Waals surface area contributed by atoms with Crippen molar-refractivity contribution in [2.24, 2.45) is 34.7 Å². The van der Waals surface area contributed by atoms with Crippen LogP contribution in [-0.4, -0.2) is 164 Å². The Morgan fingerprint density at radius 2 is 1.59 bits per heavy atom. The summed E-state index contributed by atoms with van der Waals surface area (Å²) in [4.78, 5) is 71.5. The summed E-state index contributed by atoms with van der Waals surface area (Å²) in [6.45, 7) is 16.0. The number of allylic oxidation sites excluding steroid dienone is 2. The van der Waals surface area contributed by atoms with Crippen LogP contribution in [0.2, 0.25) is 0 Å². The second-order valence-electron chi connectivity index (χ2n) is 24.8. The minimum atomic E-state index is -1.62. The number of aromatic nitrogens is 1. The number of aromatic hydroxyl groups is 3. The zero-order valence-corrected chi connectivity index (χ0v) is 50.3. The first-order valence-corrected chi connectivity index (χ1v) is 29.6. The third kappa shape index (κ3) is 10.8. The lowest BCUT2D eigenvalue weighted by Crippen LogP contribution is -2.53. The van der Waals surface area contributed by atoms with Crippen molar-refractivity contribution >= 4 is 62.9 Å². The van der Waals surface area contributed by atoms with E-state index in [-0.39, 0.29) is 79.5 Å². The van der Waals surface area contributed by atoms with E-state index in [1.54, 1.807) is 69.3 Å². The molecule has 1 unspecified atom stereocenters. The lowest BCUT2D eigenvalue weighted by molar-refractivity contribution is -0.160. The van der Waals surface area contributed by atoms with Gasteiger partial charge in [0.25, 0.3) is 5.91 Å². The molecule has 2 saturated carbocycles. The number of anilines is 2. The Balaban J connectivity index is 0.951. The van der Waals surface area contributed by atoms with Gasteiger partial charge in [-0.3, -0.25) is 29.1 Å². The number of hydrogen-bond acceptors (Lipinski definition) is 18. The molecular formula is C64H79FN6O15. The van der Waals surface area contributed by atoms with E-state index in [2.05, 4.69) is 10.2 Å². The third-order valence-electron chi connectivity index (χ3n) is 19.4. The van der Waals surface area contributed by atoms with Crippen LogP contribution in [-0.2, 0) is 30.2 Å². The van der Waals surface area contributed by atoms with E-state index >= 15 is 4.39 Å². The number of aromatic carboxylic acids is 1. The maximum absolute atomic E-state index is 16.4. The zero-order valence-electron chi connectivity index (χ0n) is 50.3. The average molecular weight is 1190 g/mol. The summed E-state index contributed by atoms with van der Waals surface area (Å²) in [5.74, 6) is -7.75. The fraction of sp³-hybridized carbons (Fsp3) is 0.531. The van der Waals surface area contributed by atoms with E-state index in [4.69, 9.17) is 24.0 Å². The molecule has 0 spiro atoms. The number of nitrogens with zero attached hydrogens (tertiary/aromatic N) is 5. The van der Waals surface area contributed by atoms with E-state index in [9.17, 15) is 54.6 Å². The van der Waals surface area contributed by atoms with Crippen LogP contribution in [0.25, 0.3) is 21.7 Å². The van der Waals surface area contributed by atoms with Crippen LogP contribution in [0.3, 0.4) is 0 Å². The molecular weight excluding hydrogens is 1110 g/mol. The zero-order chi connectivity index (χ0) is 62.2. The molecule has 4 fully saturated rings. The Morgan fingerprint density at radius 3 is 2.22 bits per heavy atom. The molecule has 3 aliphatic carbocycles. The number of Topliss-reactive ketones (excluding diaryl/α,β-unsaturated/α-hetero) is 1. The fourth-order valence-corrected chi connectivity index (χ4v) is 14.0. The Morgan fingerprint density at radius 1 is 0.895 bits per heavy atom. The Labute approximate surface area is 497 Å². The van der Waals surface area contributed by atoms with E-state index in [1.165, 1.54) is 52.8 Å². The number of methoxy groups -OCH3 is 2. The molecule has 1 aromatic heterocycles. The minimum absolute atomic E-state index is 0.00883. The van der Waals surface area contributed by atoms with Crippen LogP contribution in [0.5, 0.6) is 23.0 Å². The van der Waals surface area contributed by atoms with Gasteiger partial charge in [0.15, 0.2) is 22.9 Å². The second kappa shape index (κ2) is 23.6. The van der Waals surface area contributed by atoms with Crippen molar-refractivity contribution in [2.45, 2.75) is 136 Å². The number of benzene rings is 3. The van der Waals surface area contributed by atoms with Crippen molar-refractivity contribution in [3.63, 3.8) is 0 Å². The summed E-state index contributed by atoms with van der Waals surface area (Å²) in [6, 6.07) is 1.11. The molecule has 4 aliphatic heterocycles. The van der Waals surface area contributed by atoms with E-state index < -0.39 is 111 Å². The van der Waals surface area contributed by atoms with Crippen LogP contribution in [0.1, 0.15) is 124 Å². The summed E-state index contributed by atoms with van der Waals surface area (Å²) in [5, 5.41) is 78.8. The number of rotatable bonds is 10. The van der Waals surface area contributed by atoms with Gasteiger partial charge in [0, 0.05) is 118 Å². The molecule has 0 radical (unpaired) electrons. The topological polar surface area (TPSA) is 283 Å². The van der Waals surface area contributed by atoms with E-state index in [1.807, 2.05) is 4.90 Å². The molecule has 5 bridgehead atoms. The van der Waals surface area contributed by atoms with Crippen molar-refractivity contribution in [1.29, 1.82) is 0 Å². The van der Waals surface area contributed by atoms with Gasteiger partial charge in [-0.1, -0.05) is 45.9 Å². The van der Waals surface area contributed by atoms with Crippen LogP contribution < -0.4 is 20.4 Å². The molecule has 11 rings (SSSR count). The van der Waals surface area contributed by atoms with Crippen LogP contribution >= 0.6 is 0 Å². The number of nitrogens with one attached hydrogen (secondary N) is 1. The number of hydrogen-bond donors (Lipinski definition) is 7. The number of esters is 1. The molecule has 22 heteroatoms. The summed E-state index contributed by atoms with van der Waals surface area (Å²) in [7, 11) is 2.89. The standard InChI is InChI=1S/C64H79FN6O15/c1-31-12-11-13-32(2)61(80)67-49-42(28-66-70-23-21-69(22-24-70)64(18-19-64)38-16-20-68(29-38)51-44(65)26-40-50(59(51)84-10)71(39-14-15-39)30-43(55(40)76)62(81)82)56(77)47-46-41(33(3)54(75)48(47)57(49)78)27-63(8,60(46)79)85-25-17-45(83-9)34(4)58(86-37(7)72)36(6)53(74)35(5)52(31)73/h11-13,17,25-26,28,30-31,34-36,38-39,45,52-53,58,73-75,77-78H,14-16,18-24,27,29H2,1-10H3,(H,67,80)(H,81,82)/t31-,34+,35+,36+,38?,45-,52-,53+,58+,63-/m0/s1. The molecule has 3 aromatic carbocycles. The van der Waals surface area contributed by atoms with Gasteiger partial charge in [-0.15, -0.1) is 0 Å². The molecule has 10 atom stereocenters. The van der Waals surface area contributed by atoms with Gasteiger partial charge in [0.2, 0.25) is 11.2 Å². The number of ketones is 1. The molecule has 21 nitrogen and oxygen atoms in total. The van der Waals surface area contributed by atoms with Gasteiger partial charge in [0.05, 0.1) is 65.4 Å². The normalized spacial score (nSPS) is 28.4. The number of amides is 1. The minimum Gasteiger partial charge on any atom is -0.507 e. The predicted molar refractivity (Wildman–Crippen MR) is 320 cm³/mol. The summed E-state index contributed by atoms with van der Waals surface area (Å²) < 4.78 is 42.0. The lowest BCUT2D eigenvalue weighted by atomic mass is 9.78. The Kier molecular flexibility index (Phi) is 16.9. The summed E-state index contributed by atoms with van der Waals surface area (Å²) >= 11 is 0. The molecule has 1 amide bonds. The first-order chi connectivity index (χ1) is 40.8. The number of carboxylic acid groups (broad SMARTS) is 1. The number of ether oxygens (including phenoxy) is 4. The van der Waals surface area contributed by atoms with Gasteiger partial charge in [-0.2, -0.15) is 5.10 Å². The maximum atomic E-state index is 16.4. The average Bonchev–Trinajstić information content (AvgIpc) is 1.42. The third-order valence-corrected chi connectivity index (χ3v) is 19.4. The number of carbonyl (C=O) groups is 4. The highest BCUT2D eigenvalue weighted by Crippen LogP contribution is 2.55. The number of piperazine rings is 1. The predicted octanol–water partition coefficient (Wildman–Crippen LogP) is 7.47. The summed E-state index contributed by atoms with van der Waals surface area (Å²) in [5.41, 5.74) is -2.07. The van der Waals surface area contributed by atoms with Crippen molar-refractivity contribution in [3.05, 3.63) is 92.3 Å². The number of phenols is 3. The number of aliphatic hydroxyl groups excluding tert-OH is 2. The quantitative estimate of drug-likeness (QED) is 0.0351. The van der Waals surface area contributed by atoms with Gasteiger partial charge < -0.3 is 64.4 Å². The van der Waals surface area contributed by atoms with Gasteiger partial charge >= 0.3 is 11.9 Å². The van der Waals surface area contributed by atoms with E-state index in [0.29, 0.717) is 50.3 Å². The van der Waals surface area contributed by atoms with Gasteiger partial charge in [-0.05, 0) is 82.1 Å². The van der Waals surface area contributed by atoms with Crippen LogP contribution in [0.4, 0.5) is 15.8 Å². The highest BCUT2D eigenvalue weighted by Gasteiger charge is 2.56. The molecule has 7 N–H and O–H groups in total. The first-order valence-electron chi connectivity index (χ1n) is 29.6. The smallest absolute Gasteiger partial charge is 0.341 e. The fourth-order valence-electron chi connectivity index (χ4n) is 14.0. The number of hydrazone groups is 1. The van der Waals surface area contributed by atoms with Crippen molar-refractivity contribution in [1.82, 2.24) is 14.5 Å². The van der Waals surface area contributed by atoms with Gasteiger partial charge in [0.1, 0.15) is 28.9 Å². The molecule has 4 aromatic rings. The van der Waals surface area contributed by atoms with Crippen molar-refractivity contribution in [2.75, 3.05) is 63.7 Å². The Hall–Kier alpha value is -7.53. The first kappa shape index (κ1) is 61.6. The van der Waals surface area contributed by atoms with E-state index in [0.717, 1.165) is 38.2 Å². The molecule has 462 valence electrons. The highest BCUT2D eigenvalue weighted by atomic mass is 19.1. The second-order valence-corrected chi connectivity index (χ2v) is 24.8. The summed E-state index contributed by atoms with van der Waals surface area (Å²) in [6.07, 6.45) is 10.5. The lowest BCUT2D eigenvalue weighted by Gasteiger charge is -2.41. The SMILES string of the molecule is COc1c(N2CCC(C3(N4CCN(N=Cc5c6c(O)c7c(O)c(C)c8c(c7c5O)C(=O)[C@](C)(C8)OC=C[C@H](OC)[C@@H](C)[C@@H](OC(C)=O)[C@H](C)[C@H](O)[C@H](C)[C@@H](O)[C@@H](C)C=CC=C(C)C(=O)N6)CC4)CC3)C2)c(F)cc2c(=O)c(C(=O)O)cn(C3CC3)c12. The molecule has 7 aliphatic rings. The monoisotopic (exact) mass is 1190 g/mol. The number of halogens is 1. The van der Waals surface area contributed by atoms with Crippen molar-refractivity contribution < 1.29 is 73.2 Å². The maximum Gasteiger partial charge on any atom is 0.341 e. The molecule has 2 saturated heterocycles.